The predicted octanol–water partition coefficient (Wildman–Crippen LogP) is 2.23. The smallest absolute Gasteiger partial charge is 0.273 e. The SMILES string of the molecule is CCCCNC(CC)(CC)C(C)NC(=O)c1cc(CO)on1. The van der Waals surface area contributed by atoms with Crippen LogP contribution in [-0.2, 0) is 6.61 Å². The maximum Gasteiger partial charge on any atom is 0.273 e. The number of hydrogen-bond acceptors (Lipinski definition) is 5. The van der Waals surface area contributed by atoms with Crippen LogP contribution in [0.4, 0.5) is 0 Å². The Balaban J connectivity index is 2.72. The third kappa shape index (κ3) is 4.55. The lowest BCUT2D eigenvalue weighted by molar-refractivity contribution is 0.0893. The number of amides is 1. The largest absolute Gasteiger partial charge is 0.388 e. The molecule has 0 fully saturated rings. The van der Waals surface area contributed by atoms with Crippen LogP contribution in [-0.4, -0.2) is 34.3 Å². The summed E-state index contributed by atoms with van der Waals surface area (Å²) in [4.78, 5) is 12.2. The van der Waals surface area contributed by atoms with Gasteiger partial charge in [0.25, 0.3) is 5.91 Å². The number of nitrogens with one attached hydrogen (secondary N) is 2. The fraction of sp³-hybridized carbons (Fsp3) is 0.750. The summed E-state index contributed by atoms with van der Waals surface area (Å²) in [5, 5.41) is 19.3. The van der Waals surface area contributed by atoms with Crippen LogP contribution in [0.2, 0.25) is 0 Å². The summed E-state index contributed by atoms with van der Waals surface area (Å²) in [5.74, 6) is 0.00985. The first kappa shape index (κ1) is 18.6. The van der Waals surface area contributed by atoms with Crippen molar-refractivity contribution in [3.8, 4) is 0 Å². The number of carbonyl (C=O) groups excluding carboxylic acids is 1. The van der Waals surface area contributed by atoms with Crippen LogP contribution in [0.3, 0.4) is 0 Å². The van der Waals surface area contributed by atoms with Gasteiger partial charge in [0.15, 0.2) is 11.5 Å². The number of hydrogen-bond donors (Lipinski definition) is 3. The molecule has 3 N–H and O–H groups in total. The molecular weight excluding hydrogens is 282 g/mol. The number of carbonyl (C=O) groups is 1. The Labute approximate surface area is 132 Å². The average molecular weight is 311 g/mol. The quantitative estimate of drug-likeness (QED) is 0.577. The van der Waals surface area contributed by atoms with Gasteiger partial charge < -0.3 is 20.3 Å². The van der Waals surface area contributed by atoms with Gasteiger partial charge >= 0.3 is 0 Å². The summed E-state index contributed by atoms with van der Waals surface area (Å²) >= 11 is 0. The Bertz CT molecular complexity index is 455. The molecule has 0 spiro atoms. The predicted molar refractivity (Wildman–Crippen MR) is 85.6 cm³/mol. The van der Waals surface area contributed by atoms with E-state index in [1.54, 1.807) is 0 Å². The monoisotopic (exact) mass is 311 g/mol. The zero-order chi connectivity index (χ0) is 16.6. The molecule has 1 amide bonds. The molecule has 0 radical (unpaired) electrons. The second-order valence-corrected chi connectivity index (χ2v) is 5.68. The number of aliphatic hydroxyl groups excluding tert-OH is 1. The number of unbranched alkanes of at least 4 members (excludes halogenated alkanes) is 1. The summed E-state index contributed by atoms with van der Waals surface area (Å²) in [6.07, 6.45) is 4.11. The molecule has 1 heterocycles. The molecule has 6 heteroatoms. The van der Waals surface area contributed by atoms with Crippen LogP contribution in [0.5, 0.6) is 0 Å². The van der Waals surface area contributed by atoms with Crippen LogP contribution in [0.15, 0.2) is 10.6 Å². The van der Waals surface area contributed by atoms with Crippen molar-refractivity contribution in [1.29, 1.82) is 0 Å². The van der Waals surface area contributed by atoms with Crippen LogP contribution in [0, 0.1) is 0 Å². The molecule has 1 aromatic heterocycles. The van der Waals surface area contributed by atoms with Crippen molar-refractivity contribution in [2.75, 3.05) is 6.54 Å². The third-order valence-electron chi connectivity index (χ3n) is 4.39. The molecule has 0 aliphatic rings. The van der Waals surface area contributed by atoms with Crippen molar-refractivity contribution in [3.05, 3.63) is 17.5 Å². The lowest BCUT2D eigenvalue weighted by atomic mass is 9.85. The molecule has 6 nitrogen and oxygen atoms in total. The van der Waals surface area contributed by atoms with E-state index < -0.39 is 0 Å². The van der Waals surface area contributed by atoms with Gasteiger partial charge in [-0.3, -0.25) is 4.79 Å². The van der Waals surface area contributed by atoms with Crippen LogP contribution >= 0.6 is 0 Å². The molecule has 0 aromatic carbocycles. The molecule has 22 heavy (non-hydrogen) atoms. The van der Waals surface area contributed by atoms with Gasteiger partial charge in [0.05, 0.1) is 0 Å². The van der Waals surface area contributed by atoms with E-state index >= 15 is 0 Å². The standard InChI is InChI=1S/C16H29N3O3/c1-5-8-9-17-16(6-2,7-3)12(4)18-15(21)14-10-13(11-20)22-19-14/h10,12,17,20H,5-9,11H2,1-4H3,(H,18,21). The Morgan fingerprint density at radius 2 is 2.09 bits per heavy atom. The number of aliphatic hydroxyl groups is 1. The Morgan fingerprint density at radius 3 is 2.59 bits per heavy atom. The van der Waals surface area contributed by atoms with Crippen molar-refractivity contribution in [2.45, 2.75) is 71.6 Å². The summed E-state index contributed by atoms with van der Waals surface area (Å²) in [6, 6.07) is 1.42. The van der Waals surface area contributed by atoms with Crippen LogP contribution < -0.4 is 10.6 Å². The fourth-order valence-corrected chi connectivity index (χ4v) is 2.68. The van der Waals surface area contributed by atoms with E-state index in [-0.39, 0.29) is 35.5 Å². The second kappa shape index (κ2) is 8.90. The third-order valence-corrected chi connectivity index (χ3v) is 4.39. The summed E-state index contributed by atoms with van der Waals surface area (Å²) in [6.45, 7) is 9.11. The van der Waals surface area contributed by atoms with Gasteiger partial charge in [0.1, 0.15) is 6.61 Å². The lowest BCUT2D eigenvalue weighted by Crippen LogP contribution is -2.59. The molecule has 0 saturated carbocycles. The molecule has 126 valence electrons. The van der Waals surface area contributed by atoms with E-state index in [0.717, 1.165) is 32.2 Å². The minimum Gasteiger partial charge on any atom is -0.388 e. The van der Waals surface area contributed by atoms with E-state index in [1.165, 1.54) is 6.07 Å². The summed E-state index contributed by atoms with van der Waals surface area (Å²) in [5.41, 5.74) is 0.0690. The van der Waals surface area contributed by atoms with Gasteiger partial charge in [-0.15, -0.1) is 0 Å². The van der Waals surface area contributed by atoms with Crippen molar-refractivity contribution >= 4 is 5.91 Å². The lowest BCUT2D eigenvalue weighted by Gasteiger charge is -2.39. The van der Waals surface area contributed by atoms with Gasteiger partial charge in [0, 0.05) is 17.6 Å². The molecule has 1 aromatic rings. The molecule has 0 bridgehead atoms. The molecule has 1 atom stereocenters. The van der Waals surface area contributed by atoms with Gasteiger partial charge in [-0.1, -0.05) is 32.3 Å². The maximum absolute atomic E-state index is 12.2. The number of rotatable bonds is 10. The van der Waals surface area contributed by atoms with Crippen molar-refractivity contribution in [2.24, 2.45) is 0 Å². The Morgan fingerprint density at radius 1 is 1.41 bits per heavy atom. The molecule has 1 rings (SSSR count). The van der Waals surface area contributed by atoms with E-state index in [4.69, 9.17) is 9.63 Å². The molecule has 0 aliphatic carbocycles. The van der Waals surface area contributed by atoms with E-state index in [1.807, 2.05) is 6.92 Å². The van der Waals surface area contributed by atoms with Crippen molar-refractivity contribution in [1.82, 2.24) is 15.8 Å². The topological polar surface area (TPSA) is 87.4 Å². The van der Waals surface area contributed by atoms with Crippen LogP contribution in [0.25, 0.3) is 0 Å². The highest BCUT2D eigenvalue weighted by Gasteiger charge is 2.33. The summed E-state index contributed by atoms with van der Waals surface area (Å²) < 4.78 is 4.86. The Kier molecular flexibility index (Phi) is 7.55. The molecular formula is C16H29N3O3. The minimum atomic E-state index is -0.278. The van der Waals surface area contributed by atoms with Gasteiger partial charge in [0.2, 0.25) is 0 Å². The van der Waals surface area contributed by atoms with E-state index in [9.17, 15) is 4.79 Å². The first-order valence-corrected chi connectivity index (χ1v) is 8.15. The van der Waals surface area contributed by atoms with E-state index in [2.05, 4.69) is 36.6 Å². The fourth-order valence-electron chi connectivity index (χ4n) is 2.68. The zero-order valence-corrected chi connectivity index (χ0v) is 14.1. The van der Waals surface area contributed by atoms with Crippen LogP contribution in [0.1, 0.15) is 69.6 Å². The zero-order valence-electron chi connectivity index (χ0n) is 14.1. The molecule has 1 unspecified atom stereocenters. The second-order valence-electron chi connectivity index (χ2n) is 5.68. The summed E-state index contributed by atoms with van der Waals surface area (Å²) in [7, 11) is 0. The van der Waals surface area contributed by atoms with Gasteiger partial charge in [-0.2, -0.15) is 0 Å². The Hall–Kier alpha value is -1.40. The normalized spacial score (nSPS) is 13.1. The first-order valence-electron chi connectivity index (χ1n) is 8.15. The average Bonchev–Trinajstić information content (AvgIpc) is 3.01. The molecule has 0 aliphatic heterocycles. The number of aromatic nitrogens is 1. The van der Waals surface area contributed by atoms with E-state index in [0.29, 0.717) is 0 Å². The molecule has 0 saturated heterocycles. The minimum absolute atomic E-state index is 0.0406. The first-order chi connectivity index (χ1) is 10.5. The van der Waals surface area contributed by atoms with Gasteiger partial charge in [-0.25, -0.2) is 0 Å². The van der Waals surface area contributed by atoms with Crippen molar-refractivity contribution in [3.63, 3.8) is 0 Å². The maximum atomic E-state index is 12.2. The highest BCUT2D eigenvalue weighted by Crippen LogP contribution is 2.20. The highest BCUT2D eigenvalue weighted by molar-refractivity contribution is 5.92. The van der Waals surface area contributed by atoms with Gasteiger partial charge in [-0.05, 0) is 32.7 Å². The highest BCUT2D eigenvalue weighted by atomic mass is 16.5. The van der Waals surface area contributed by atoms with Crippen molar-refractivity contribution < 1.29 is 14.4 Å². The number of nitrogens with zero attached hydrogens (tertiary/aromatic N) is 1.